The van der Waals surface area contributed by atoms with E-state index in [0.717, 1.165) is 26.0 Å². The van der Waals surface area contributed by atoms with Crippen LogP contribution in [-0.2, 0) is 11.3 Å². The number of rotatable bonds is 3. The molecule has 1 fully saturated rings. The fourth-order valence-electron chi connectivity index (χ4n) is 2.24. The fraction of sp³-hybridized carbons (Fsp3) is 0.538. The minimum Gasteiger partial charge on any atom is -0.316 e. The van der Waals surface area contributed by atoms with Gasteiger partial charge in [-0.1, -0.05) is 30.3 Å². The van der Waals surface area contributed by atoms with Crippen molar-refractivity contribution in [2.24, 2.45) is 11.7 Å². The summed E-state index contributed by atoms with van der Waals surface area (Å²) < 4.78 is 0. The van der Waals surface area contributed by atoms with Crippen molar-refractivity contribution < 1.29 is 4.84 Å². The maximum Gasteiger partial charge on any atom is 0.0706 e. The van der Waals surface area contributed by atoms with Crippen molar-refractivity contribution in [2.75, 3.05) is 19.8 Å². The van der Waals surface area contributed by atoms with Crippen LogP contribution in [0.1, 0.15) is 18.4 Å². The van der Waals surface area contributed by atoms with Gasteiger partial charge in [0, 0.05) is 6.54 Å². The van der Waals surface area contributed by atoms with E-state index in [9.17, 15) is 0 Å². The Morgan fingerprint density at radius 1 is 1.31 bits per heavy atom. The molecule has 0 aliphatic carbocycles. The Morgan fingerprint density at radius 3 is 2.88 bits per heavy atom. The molecular formula is C13H20N2O. The molecule has 1 unspecified atom stereocenters. The van der Waals surface area contributed by atoms with E-state index in [1.54, 1.807) is 0 Å². The van der Waals surface area contributed by atoms with Crippen LogP contribution in [0.15, 0.2) is 30.3 Å². The van der Waals surface area contributed by atoms with E-state index < -0.39 is 0 Å². The lowest BCUT2D eigenvalue weighted by atomic mass is 9.95. The minimum absolute atomic E-state index is 0.491. The summed E-state index contributed by atoms with van der Waals surface area (Å²) in [5.74, 6) is 0.661. The molecule has 1 aromatic rings. The van der Waals surface area contributed by atoms with Crippen LogP contribution in [0.5, 0.6) is 0 Å². The Morgan fingerprint density at radius 2 is 2.12 bits per heavy atom. The van der Waals surface area contributed by atoms with E-state index in [-0.39, 0.29) is 0 Å². The number of hydrogen-bond acceptors (Lipinski definition) is 3. The van der Waals surface area contributed by atoms with Crippen LogP contribution >= 0.6 is 0 Å². The molecule has 1 aromatic carbocycles. The summed E-state index contributed by atoms with van der Waals surface area (Å²) in [6.07, 6.45) is 3.49. The van der Waals surface area contributed by atoms with Gasteiger partial charge in [0.2, 0.25) is 0 Å². The molecule has 0 saturated carbocycles. The van der Waals surface area contributed by atoms with E-state index in [0.29, 0.717) is 12.6 Å². The van der Waals surface area contributed by atoms with Crippen molar-refractivity contribution in [3.05, 3.63) is 35.9 Å². The minimum atomic E-state index is 0.491. The molecule has 0 amide bonds. The van der Waals surface area contributed by atoms with Crippen LogP contribution < -0.4 is 5.73 Å². The Balaban J connectivity index is 1.93. The van der Waals surface area contributed by atoms with Crippen molar-refractivity contribution in [1.29, 1.82) is 0 Å². The third kappa shape index (κ3) is 3.30. The Labute approximate surface area is 97.1 Å². The first-order valence-electron chi connectivity index (χ1n) is 6.00. The fourth-order valence-corrected chi connectivity index (χ4v) is 2.24. The Kier molecular flexibility index (Phi) is 4.34. The maximum atomic E-state index is 5.63. The highest BCUT2D eigenvalue weighted by Crippen LogP contribution is 2.18. The molecule has 2 rings (SSSR count). The van der Waals surface area contributed by atoms with Crippen LogP contribution in [0.3, 0.4) is 0 Å². The topological polar surface area (TPSA) is 38.5 Å². The van der Waals surface area contributed by atoms with Gasteiger partial charge in [-0.05, 0) is 30.7 Å². The summed E-state index contributed by atoms with van der Waals surface area (Å²) in [6, 6.07) is 10.6. The number of hydrogen-bond donors (Lipinski definition) is 1. The second-order valence-corrected chi connectivity index (χ2v) is 4.38. The second kappa shape index (κ2) is 5.99. The van der Waals surface area contributed by atoms with Gasteiger partial charge < -0.3 is 5.73 Å². The number of hydroxylamine groups is 2. The lowest BCUT2D eigenvalue weighted by Crippen LogP contribution is -2.33. The molecule has 1 atom stereocenters. The van der Waals surface area contributed by atoms with Gasteiger partial charge in [-0.15, -0.1) is 0 Å². The standard InChI is InChI=1S/C13H20N2O/c14-11-15-10-13(7-4-8-16-15)9-12-5-2-1-3-6-12/h1-3,5-6,13H,4,7-11,14H2. The van der Waals surface area contributed by atoms with E-state index in [1.807, 2.05) is 5.06 Å². The van der Waals surface area contributed by atoms with E-state index in [4.69, 9.17) is 10.6 Å². The molecule has 1 aliphatic rings. The summed E-state index contributed by atoms with van der Waals surface area (Å²) in [6.45, 7) is 2.25. The quantitative estimate of drug-likeness (QED) is 0.844. The first kappa shape index (κ1) is 11.6. The maximum absolute atomic E-state index is 5.63. The van der Waals surface area contributed by atoms with E-state index >= 15 is 0 Å². The van der Waals surface area contributed by atoms with Crippen molar-refractivity contribution in [1.82, 2.24) is 5.06 Å². The molecule has 0 spiro atoms. The summed E-state index contributed by atoms with van der Waals surface area (Å²) in [4.78, 5) is 5.53. The number of nitrogens with zero attached hydrogens (tertiary/aromatic N) is 1. The Bertz CT molecular complexity index is 302. The third-order valence-corrected chi connectivity index (χ3v) is 3.06. The summed E-state index contributed by atoms with van der Waals surface area (Å²) in [5.41, 5.74) is 7.04. The van der Waals surface area contributed by atoms with Crippen LogP contribution in [0.4, 0.5) is 0 Å². The molecule has 0 aromatic heterocycles. The molecule has 2 N–H and O–H groups in total. The smallest absolute Gasteiger partial charge is 0.0706 e. The van der Waals surface area contributed by atoms with Gasteiger partial charge in [-0.25, -0.2) is 0 Å². The predicted octanol–water partition coefficient (Wildman–Crippen LogP) is 1.79. The molecule has 0 bridgehead atoms. The van der Waals surface area contributed by atoms with Crippen LogP contribution in [0, 0.1) is 5.92 Å². The zero-order valence-electron chi connectivity index (χ0n) is 9.64. The van der Waals surface area contributed by atoms with Crippen LogP contribution in [0.25, 0.3) is 0 Å². The summed E-state index contributed by atoms with van der Waals surface area (Å²) in [7, 11) is 0. The van der Waals surface area contributed by atoms with Gasteiger partial charge in [0.05, 0.1) is 13.3 Å². The monoisotopic (exact) mass is 220 g/mol. The first-order chi connectivity index (χ1) is 7.88. The molecule has 0 radical (unpaired) electrons. The lowest BCUT2D eigenvalue weighted by Gasteiger charge is -2.21. The van der Waals surface area contributed by atoms with Crippen molar-refractivity contribution >= 4 is 0 Å². The highest BCUT2D eigenvalue weighted by Gasteiger charge is 2.18. The molecule has 3 nitrogen and oxygen atoms in total. The average Bonchev–Trinajstić information content (AvgIpc) is 2.55. The first-order valence-corrected chi connectivity index (χ1v) is 6.00. The molecule has 1 saturated heterocycles. The molecule has 16 heavy (non-hydrogen) atoms. The second-order valence-electron chi connectivity index (χ2n) is 4.38. The number of nitrogens with two attached hydrogens (primary N) is 1. The average molecular weight is 220 g/mol. The van der Waals surface area contributed by atoms with Crippen LogP contribution in [0.2, 0.25) is 0 Å². The van der Waals surface area contributed by atoms with Gasteiger partial charge in [-0.2, -0.15) is 5.06 Å². The van der Waals surface area contributed by atoms with E-state index in [2.05, 4.69) is 30.3 Å². The number of benzene rings is 1. The largest absolute Gasteiger partial charge is 0.316 e. The zero-order chi connectivity index (χ0) is 11.2. The van der Waals surface area contributed by atoms with Crippen molar-refractivity contribution in [2.45, 2.75) is 19.3 Å². The van der Waals surface area contributed by atoms with Gasteiger partial charge >= 0.3 is 0 Å². The van der Waals surface area contributed by atoms with Crippen molar-refractivity contribution in [3.63, 3.8) is 0 Å². The highest BCUT2D eigenvalue weighted by molar-refractivity contribution is 5.15. The molecule has 1 aliphatic heterocycles. The highest BCUT2D eigenvalue weighted by atomic mass is 16.7. The lowest BCUT2D eigenvalue weighted by molar-refractivity contribution is -0.154. The van der Waals surface area contributed by atoms with E-state index in [1.165, 1.54) is 12.0 Å². The SMILES string of the molecule is NCN1CC(Cc2ccccc2)CCCO1. The predicted molar refractivity (Wildman–Crippen MR) is 64.6 cm³/mol. The zero-order valence-corrected chi connectivity index (χ0v) is 9.64. The Hall–Kier alpha value is -0.900. The van der Waals surface area contributed by atoms with Gasteiger partial charge in [0.1, 0.15) is 0 Å². The molecule has 88 valence electrons. The summed E-state index contributed by atoms with van der Waals surface area (Å²) >= 11 is 0. The van der Waals surface area contributed by atoms with Gasteiger partial charge in [0.25, 0.3) is 0 Å². The summed E-state index contributed by atoms with van der Waals surface area (Å²) in [5, 5.41) is 1.89. The third-order valence-electron chi connectivity index (χ3n) is 3.06. The normalized spacial score (nSPS) is 22.9. The molecule has 1 heterocycles. The van der Waals surface area contributed by atoms with Gasteiger partial charge in [0.15, 0.2) is 0 Å². The molecule has 3 heteroatoms. The van der Waals surface area contributed by atoms with Gasteiger partial charge in [-0.3, -0.25) is 4.84 Å². The van der Waals surface area contributed by atoms with Crippen LogP contribution in [-0.4, -0.2) is 24.9 Å². The molecular weight excluding hydrogens is 200 g/mol. The van der Waals surface area contributed by atoms with Crippen molar-refractivity contribution in [3.8, 4) is 0 Å².